The van der Waals surface area contributed by atoms with Gasteiger partial charge in [-0.2, -0.15) is 0 Å². The van der Waals surface area contributed by atoms with Crippen LogP contribution in [0.15, 0.2) is 53.5 Å². The van der Waals surface area contributed by atoms with E-state index in [-0.39, 0.29) is 12.0 Å². The van der Waals surface area contributed by atoms with Gasteiger partial charge in [-0.3, -0.25) is 10.1 Å². The molecule has 1 heterocycles. The summed E-state index contributed by atoms with van der Waals surface area (Å²) >= 11 is 0. The van der Waals surface area contributed by atoms with E-state index in [9.17, 15) is 4.79 Å². The van der Waals surface area contributed by atoms with Crippen LogP contribution in [0.2, 0.25) is 0 Å². The number of nitrogens with one attached hydrogen (secondary N) is 2. The van der Waals surface area contributed by atoms with Crippen molar-refractivity contribution in [3.05, 3.63) is 59.7 Å². The van der Waals surface area contributed by atoms with E-state index in [1.165, 1.54) is 5.56 Å². The van der Waals surface area contributed by atoms with Gasteiger partial charge in [0, 0.05) is 17.9 Å². The van der Waals surface area contributed by atoms with Crippen molar-refractivity contribution in [3.8, 4) is 5.75 Å². The molecule has 1 aliphatic heterocycles. The van der Waals surface area contributed by atoms with Gasteiger partial charge in [0.25, 0.3) is 5.91 Å². The highest BCUT2D eigenvalue weighted by atomic mass is 16.5. The van der Waals surface area contributed by atoms with Gasteiger partial charge in [0.1, 0.15) is 5.75 Å². The summed E-state index contributed by atoms with van der Waals surface area (Å²) in [4.78, 5) is 17.2. The molecule has 6 heteroatoms. The van der Waals surface area contributed by atoms with Gasteiger partial charge in [0.05, 0.1) is 19.3 Å². The summed E-state index contributed by atoms with van der Waals surface area (Å²) in [7, 11) is 0. The van der Waals surface area contributed by atoms with E-state index >= 15 is 0 Å². The normalized spacial score (nSPS) is 16.6. The van der Waals surface area contributed by atoms with E-state index in [0.717, 1.165) is 30.9 Å². The first-order chi connectivity index (χ1) is 13.6. The van der Waals surface area contributed by atoms with E-state index in [1.807, 2.05) is 38.1 Å². The zero-order valence-electron chi connectivity index (χ0n) is 16.4. The van der Waals surface area contributed by atoms with Crippen molar-refractivity contribution < 1.29 is 14.3 Å². The minimum Gasteiger partial charge on any atom is -0.494 e. The van der Waals surface area contributed by atoms with Crippen LogP contribution in [-0.4, -0.2) is 37.7 Å². The summed E-state index contributed by atoms with van der Waals surface area (Å²) < 4.78 is 11.1. The van der Waals surface area contributed by atoms with E-state index in [0.29, 0.717) is 24.7 Å². The number of hydrogen-bond donors (Lipinski definition) is 2. The number of ether oxygens (including phenoxy) is 2. The molecule has 2 aromatic rings. The Morgan fingerprint density at radius 1 is 1.18 bits per heavy atom. The topological polar surface area (TPSA) is 72.0 Å². The lowest BCUT2D eigenvalue weighted by Crippen LogP contribution is -2.36. The molecule has 1 aliphatic rings. The monoisotopic (exact) mass is 381 g/mol. The molecule has 1 amide bonds. The summed E-state index contributed by atoms with van der Waals surface area (Å²) in [6.07, 6.45) is 2.16. The number of anilines is 1. The van der Waals surface area contributed by atoms with Crippen LogP contribution >= 0.6 is 0 Å². The number of nitrogens with zero attached hydrogens (tertiary/aromatic N) is 1. The number of aryl methyl sites for hydroxylation is 1. The van der Waals surface area contributed by atoms with Crippen molar-refractivity contribution in [2.45, 2.75) is 32.8 Å². The second-order valence-corrected chi connectivity index (χ2v) is 6.73. The number of amides is 1. The Morgan fingerprint density at radius 2 is 1.93 bits per heavy atom. The summed E-state index contributed by atoms with van der Waals surface area (Å²) in [5.74, 6) is 0.927. The fourth-order valence-electron chi connectivity index (χ4n) is 2.91. The molecule has 2 aromatic carbocycles. The van der Waals surface area contributed by atoms with E-state index in [1.54, 1.807) is 24.3 Å². The largest absolute Gasteiger partial charge is 0.494 e. The number of benzene rings is 2. The standard InChI is InChI=1S/C22H27N3O3/c1-3-27-19-12-8-17(9-13-19)21(26)25-22(23-15-20-5-4-14-28-20)24-18-10-6-16(2)7-11-18/h6-13,20H,3-5,14-15H2,1-2H3,(H2,23,24,25,26). The van der Waals surface area contributed by atoms with Gasteiger partial charge in [-0.05, 0) is 63.1 Å². The molecule has 148 valence electrons. The first-order valence-corrected chi connectivity index (χ1v) is 9.68. The third-order valence-electron chi connectivity index (χ3n) is 4.45. The second kappa shape index (κ2) is 9.90. The first kappa shape index (κ1) is 19.9. The van der Waals surface area contributed by atoms with Crippen molar-refractivity contribution >= 4 is 17.6 Å². The quantitative estimate of drug-likeness (QED) is 0.590. The molecule has 0 spiro atoms. The zero-order chi connectivity index (χ0) is 19.8. The number of carbonyl (C=O) groups excluding carboxylic acids is 1. The van der Waals surface area contributed by atoms with Crippen molar-refractivity contribution in [2.75, 3.05) is 25.1 Å². The first-order valence-electron chi connectivity index (χ1n) is 9.68. The van der Waals surface area contributed by atoms with Crippen molar-refractivity contribution in [1.82, 2.24) is 5.32 Å². The predicted molar refractivity (Wildman–Crippen MR) is 111 cm³/mol. The van der Waals surface area contributed by atoms with Crippen LogP contribution < -0.4 is 15.4 Å². The molecule has 0 radical (unpaired) electrons. The third kappa shape index (κ3) is 5.82. The average Bonchev–Trinajstić information content (AvgIpc) is 3.22. The Balaban J connectivity index is 1.70. The molecule has 1 saturated heterocycles. The molecule has 0 saturated carbocycles. The highest BCUT2D eigenvalue weighted by Gasteiger charge is 2.16. The molecular weight excluding hydrogens is 354 g/mol. The number of hydrogen-bond acceptors (Lipinski definition) is 4. The Bertz CT molecular complexity index is 795. The van der Waals surface area contributed by atoms with E-state index < -0.39 is 0 Å². The maximum Gasteiger partial charge on any atom is 0.257 e. The molecule has 28 heavy (non-hydrogen) atoms. The highest BCUT2D eigenvalue weighted by Crippen LogP contribution is 2.14. The maximum absolute atomic E-state index is 12.7. The Morgan fingerprint density at radius 3 is 2.57 bits per heavy atom. The summed E-state index contributed by atoms with van der Waals surface area (Å²) in [6.45, 7) is 5.83. The van der Waals surface area contributed by atoms with Gasteiger partial charge in [-0.1, -0.05) is 17.7 Å². The maximum atomic E-state index is 12.7. The molecule has 0 aliphatic carbocycles. The zero-order valence-corrected chi connectivity index (χ0v) is 16.4. The van der Waals surface area contributed by atoms with Gasteiger partial charge in [-0.25, -0.2) is 4.99 Å². The van der Waals surface area contributed by atoms with Crippen LogP contribution in [0, 0.1) is 6.92 Å². The molecule has 1 atom stereocenters. The highest BCUT2D eigenvalue weighted by molar-refractivity contribution is 6.10. The summed E-state index contributed by atoms with van der Waals surface area (Å²) in [5, 5.41) is 6.08. The van der Waals surface area contributed by atoms with Crippen LogP contribution in [0.5, 0.6) is 5.75 Å². The number of rotatable bonds is 6. The summed E-state index contributed by atoms with van der Waals surface area (Å²) in [5.41, 5.74) is 2.57. The fourth-order valence-corrected chi connectivity index (χ4v) is 2.91. The molecule has 6 nitrogen and oxygen atoms in total. The molecule has 1 fully saturated rings. The van der Waals surface area contributed by atoms with Gasteiger partial charge >= 0.3 is 0 Å². The molecule has 3 rings (SSSR count). The van der Waals surface area contributed by atoms with Gasteiger partial charge in [0.15, 0.2) is 0 Å². The van der Waals surface area contributed by atoms with Gasteiger partial charge in [-0.15, -0.1) is 0 Å². The molecule has 0 aromatic heterocycles. The summed E-state index contributed by atoms with van der Waals surface area (Å²) in [6, 6.07) is 15.0. The SMILES string of the molecule is CCOc1ccc(C(=O)NC(=NCC2CCCO2)Nc2ccc(C)cc2)cc1. The minimum atomic E-state index is -0.228. The minimum absolute atomic E-state index is 0.109. The Hall–Kier alpha value is -2.86. The molecule has 1 unspecified atom stereocenters. The van der Waals surface area contributed by atoms with Crippen LogP contribution in [0.1, 0.15) is 35.7 Å². The molecule has 2 N–H and O–H groups in total. The molecule has 0 bridgehead atoms. The van der Waals surface area contributed by atoms with Crippen molar-refractivity contribution in [1.29, 1.82) is 0 Å². The third-order valence-corrected chi connectivity index (χ3v) is 4.45. The van der Waals surface area contributed by atoms with Gasteiger partial charge < -0.3 is 14.8 Å². The average molecular weight is 381 g/mol. The van der Waals surface area contributed by atoms with E-state index in [2.05, 4.69) is 15.6 Å². The van der Waals surface area contributed by atoms with Crippen LogP contribution in [0.25, 0.3) is 0 Å². The lowest BCUT2D eigenvalue weighted by molar-refractivity contribution is 0.0975. The smallest absolute Gasteiger partial charge is 0.257 e. The molecular formula is C22H27N3O3. The van der Waals surface area contributed by atoms with Crippen molar-refractivity contribution in [2.24, 2.45) is 4.99 Å². The Kier molecular flexibility index (Phi) is 7.03. The second-order valence-electron chi connectivity index (χ2n) is 6.73. The lowest BCUT2D eigenvalue weighted by atomic mass is 10.2. The van der Waals surface area contributed by atoms with Crippen LogP contribution in [0.3, 0.4) is 0 Å². The fraction of sp³-hybridized carbons (Fsp3) is 0.364. The lowest BCUT2D eigenvalue weighted by Gasteiger charge is -2.14. The van der Waals surface area contributed by atoms with Crippen molar-refractivity contribution in [3.63, 3.8) is 0 Å². The van der Waals surface area contributed by atoms with Crippen LogP contribution in [0.4, 0.5) is 5.69 Å². The van der Waals surface area contributed by atoms with Crippen LogP contribution in [-0.2, 0) is 4.74 Å². The Labute approximate surface area is 166 Å². The van der Waals surface area contributed by atoms with Gasteiger partial charge in [0.2, 0.25) is 5.96 Å². The number of carbonyl (C=O) groups is 1. The predicted octanol–water partition coefficient (Wildman–Crippen LogP) is 3.77. The number of guanidine groups is 1. The number of aliphatic imine (C=N–C) groups is 1. The van der Waals surface area contributed by atoms with E-state index in [4.69, 9.17) is 9.47 Å².